The fraction of sp³-hybridized carbons (Fsp3) is 0.0213. The normalized spacial score (nSPS) is 15.4. The minimum atomic E-state index is -0.418. The number of hydrogen-bond acceptors (Lipinski definition) is 2. The third-order valence-electron chi connectivity index (χ3n) is 11.0. The number of hydrogen-bond donors (Lipinski definition) is 0. The maximum atomic E-state index is 4.74. The molecule has 49 heavy (non-hydrogen) atoms. The number of benzene rings is 7. The van der Waals surface area contributed by atoms with Crippen LogP contribution in [0.1, 0.15) is 22.3 Å². The Morgan fingerprint density at radius 2 is 0.959 bits per heavy atom. The molecule has 2 heterocycles. The summed E-state index contributed by atoms with van der Waals surface area (Å²) in [6.45, 7) is 0. The first-order chi connectivity index (χ1) is 24.3. The first-order valence-corrected chi connectivity index (χ1v) is 16.9. The van der Waals surface area contributed by atoms with Gasteiger partial charge in [-0.2, -0.15) is 0 Å². The van der Waals surface area contributed by atoms with Crippen LogP contribution < -0.4 is 0 Å². The summed E-state index contributed by atoms with van der Waals surface area (Å²) in [6, 6.07) is 58.3. The van der Waals surface area contributed by atoms with Gasteiger partial charge in [-0.05, 0) is 89.7 Å². The Balaban J connectivity index is 1.14. The Labute approximate surface area is 284 Å². The smallest absolute Gasteiger partial charge is 0.0970 e. The van der Waals surface area contributed by atoms with E-state index in [1.54, 1.807) is 0 Å². The molecule has 0 saturated carbocycles. The van der Waals surface area contributed by atoms with Crippen LogP contribution in [-0.4, -0.2) is 9.97 Å². The lowest BCUT2D eigenvalue weighted by molar-refractivity contribution is 0.773. The summed E-state index contributed by atoms with van der Waals surface area (Å²) in [5, 5.41) is 4.86. The summed E-state index contributed by atoms with van der Waals surface area (Å²) < 4.78 is 0. The van der Waals surface area contributed by atoms with E-state index in [9.17, 15) is 0 Å². The van der Waals surface area contributed by atoms with Gasteiger partial charge in [0.1, 0.15) is 0 Å². The molecule has 0 bridgehead atoms. The first kappa shape index (κ1) is 26.7. The highest BCUT2D eigenvalue weighted by molar-refractivity contribution is 6.09. The molecule has 2 aromatic heterocycles. The van der Waals surface area contributed by atoms with Crippen molar-refractivity contribution in [1.29, 1.82) is 0 Å². The molecular formula is C47H28N2. The van der Waals surface area contributed by atoms with Gasteiger partial charge in [0.15, 0.2) is 0 Å². The fourth-order valence-corrected chi connectivity index (χ4v) is 9.05. The molecule has 0 amide bonds. The van der Waals surface area contributed by atoms with Crippen LogP contribution in [0.2, 0.25) is 0 Å². The molecule has 1 unspecified atom stereocenters. The Kier molecular flexibility index (Phi) is 5.34. The molecule has 1 spiro atoms. The van der Waals surface area contributed by atoms with Gasteiger partial charge < -0.3 is 0 Å². The van der Waals surface area contributed by atoms with E-state index in [0.29, 0.717) is 0 Å². The van der Waals surface area contributed by atoms with Crippen LogP contribution in [0.25, 0.3) is 77.1 Å². The van der Waals surface area contributed by atoms with Gasteiger partial charge in [0.05, 0.1) is 16.4 Å². The second kappa shape index (κ2) is 9.82. The highest BCUT2D eigenvalue weighted by atomic mass is 14.7. The zero-order valence-electron chi connectivity index (χ0n) is 26.6. The van der Waals surface area contributed by atoms with Gasteiger partial charge in [-0.3, -0.25) is 9.97 Å². The van der Waals surface area contributed by atoms with E-state index in [2.05, 4.69) is 157 Å². The van der Waals surface area contributed by atoms with Crippen molar-refractivity contribution in [1.82, 2.24) is 9.97 Å². The van der Waals surface area contributed by atoms with E-state index in [0.717, 1.165) is 27.4 Å². The molecule has 7 aromatic carbocycles. The van der Waals surface area contributed by atoms with Crippen LogP contribution in [-0.2, 0) is 5.41 Å². The van der Waals surface area contributed by atoms with Gasteiger partial charge in [0, 0.05) is 23.2 Å². The van der Waals surface area contributed by atoms with E-state index in [4.69, 9.17) is 4.98 Å². The third-order valence-corrected chi connectivity index (χ3v) is 11.0. The average molecular weight is 621 g/mol. The second-order valence-corrected chi connectivity index (χ2v) is 13.3. The number of aromatic nitrogens is 2. The zero-order chi connectivity index (χ0) is 32.1. The average Bonchev–Trinajstić information content (AvgIpc) is 3.47. The summed E-state index contributed by atoms with van der Waals surface area (Å²) >= 11 is 0. The molecule has 0 aliphatic heterocycles. The molecule has 0 N–H and O–H groups in total. The Morgan fingerprint density at radius 1 is 0.347 bits per heavy atom. The summed E-state index contributed by atoms with van der Waals surface area (Å²) in [5.74, 6) is 0. The number of pyridine rings is 2. The summed E-state index contributed by atoms with van der Waals surface area (Å²) in [7, 11) is 0. The molecule has 0 radical (unpaired) electrons. The van der Waals surface area contributed by atoms with Crippen molar-refractivity contribution in [2.75, 3.05) is 0 Å². The molecule has 2 aliphatic rings. The van der Waals surface area contributed by atoms with Crippen molar-refractivity contribution in [3.8, 4) is 44.5 Å². The molecule has 2 nitrogen and oxygen atoms in total. The highest BCUT2D eigenvalue weighted by Crippen LogP contribution is 2.63. The SMILES string of the molecule is c1ccc2c(c1)-c1c(-c3ccc(-c4ccnc5c4ccc4cccnc45)cc3)cccc1C21c2ccccc2-c2cccc3cccc1c23. The van der Waals surface area contributed by atoms with Crippen LogP contribution >= 0.6 is 0 Å². The number of fused-ring (bicyclic) bond motifs is 12. The van der Waals surface area contributed by atoms with E-state index in [1.165, 1.54) is 72.0 Å². The number of rotatable bonds is 2. The van der Waals surface area contributed by atoms with Crippen molar-refractivity contribution < 1.29 is 0 Å². The van der Waals surface area contributed by atoms with Gasteiger partial charge in [0.25, 0.3) is 0 Å². The first-order valence-electron chi connectivity index (χ1n) is 16.9. The Morgan fingerprint density at radius 3 is 1.82 bits per heavy atom. The van der Waals surface area contributed by atoms with Crippen molar-refractivity contribution in [3.05, 3.63) is 192 Å². The fourth-order valence-electron chi connectivity index (χ4n) is 9.05. The predicted molar refractivity (Wildman–Crippen MR) is 202 cm³/mol. The van der Waals surface area contributed by atoms with Crippen LogP contribution in [0.5, 0.6) is 0 Å². The Hall–Kier alpha value is -6.38. The van der Waals surface area contributed by atoms with Crippen molar-refractivity contribution in [2.45, 2.75) is 5.41 Å². The maximum Gasteiger partial charge on any atom is 0.0970 e. The van der Waals surface area contributed by atoms with Gasteiger partial charge in [-0.1, -0.05) is 146 Å². The molecule has 2 aliphatic carbocycles. The predicted octanol–water partition coefficient (Wildman–Crippen LogP) is 11.6. The second-order valence-electron chi connectivity index (χ2n) is 13.3. The maximum absolute atomic E-state index is 4.74. The van der Waals surface area contributed by atoms with Gasteiger partial charge in [0.2, 0.25) is 0 Å². The van der Waals surface area contributed by atoms with Crippen LogP contribution in [0.4, 0.5) is 0 Å². The molecule has 0 fully saturated rings. The summed E-state index contributed by atoms with van der Waals surface area (Å²) in [6.07, 6.45) is 3.75. The van der Waals surface area contributed by atoms with Crippen LogP contribution in [0.15, 0.2) is 170 Å². The number of nitrogens with zero attached hydrogens (tertiary/aromatic N) is 2. The minimum absolute atomic E-state index is 0.418. The zero-order valence-corrected chi connectivity index (χ0v) is 26.6. The quantitative estimate of drug-likeness (QED) is 0.180. The summed E-state index contributed by atoms with van der Waals surface area (Å²) in [5.41, 5.74) is 16.9. The lowest BCUT2D eigenvalue weighted by atomic mass is 9.61. The minimum Gasteiger partial charge on any atom is -0.254 e. The lowest BCUT2D eigenvalue weighted by Crippen LogP contribution is -2.31. The topological polar surface area (TPSA) is 25.8 Å². The lowest BCUT2D eigenvalue weighted by Gasteiger charge is -2.40. The molecule has 1 atom stereocenters. The van der Waals surface area contributed by atoms with Gasteiger partial charge in [-0.15, -0.1) is 0 Å². The monoisotopic (exact) mass is 620 g/mol. The molecule has 0 saturated heterocycles. The van der Waals surface area contributed by atoms with E-state index in [-0.39, 0.29) is 0 Å². The molecule has 9 aromatic rings. The highest BCUT2D eigenvalue weighted by Gasteiger charge is 2.50. The van der Waals surface area contributed by atoms with Gasteiger partial charge in [-0.25, -0.2) is 0 Å². The Bertz CT molecular complexity index is 2820. The van der Waals surface area contributed by atoms with Gasteiger partial charge >= 0.3 is 0 Å². The van der Waals surface area contributed by atoms with Crippen LogP contribution in [0.3, 0.4) is 0 Å². The molecule has 2 heteroatoms. The van der Waals surface area contributed by atoms with Crippen molar-refractivity contribution in [3.63, 3.8) is 0 Å². The third kappa shape index (κ3) is 3.45. The standard InChI is InChI=1S/C47H28N2/c1-3-16-39-35(12-1)36-15-5-9-31-10-6-18-41(43(31)36)47(39)40-17-4-2-13-38(40)44-34(14-7-19-42(44)47)30-22-20-29(21-23-30)33-26-28-49-46-37(33)25-24-32-11-8-27-48-45(32)46/h1-28H. The molecule has 11 rings (SSSR count). The summed E-state index contributed by atoms with van der Waals surface area (Å²) in [4.78, 5) is 9.41. The van der Waals surface area contributed by atoms with Crippen molar-refractivity contribution in [2.24, 2.45) is 0 Å². The molecule has 226 valence electrons. The van der Waals surface area contributed by atoms with E-state index < -0.39 is 5.41 Å². The van der Waals surface area contributed by atoms with Crippen molar-refractivity contribution >= 4 is 32.6 Å². The van der Waals surface area contributed by atoms with E-state index in [1.807, 2.05) is 18.5 Å². The van der Waals surface area contributed by atoms with E-state index >= 15 is 0 Å². The van der Waals surface area contributed by atoms with Crippen LogP contribution in [0, 0.1) is 0 Å². The molecular weight excluding hydrogens is 593 g/mol. The largest absolute Gasteiger partial charge is 0.254 e.